The number of aliphatic hydroxyl groups excluding tert-OH is 4. The maximum atomic E-state index is 12.7. The van der Waals surface area contributed by atoms with Crippen molar-refractivity contribution in [2.45, 2.75) is 109 Å². The summed E-state index contributed by atoms with van der Waals surface area (Å²) in [6.45, 7) is 8.10. The molecule has 0 saturated heterocycles. The molecule has 0 aliphatic heterocycles. The number of nitrogens with one attached hydrogen (secondary N) is 1. The topological polar surface area (TPSA) is 164 Å². The largest absolute Gasteiger partial charge is 0.393 e. The van der Waals surface area contributed by atoms with Crippen molar-refractivity contribution < 1.29 is 42.7 Å². The Morgan fingerprint density at radius 2 is 1.74 bits per heavy atom. The van der Waals surface area contributed by atoms with Gasteiger partial charge in [0, 0.05) is 19.4 Å². The van der Waals surface area contributed by atoms with Gasteiger partial charge in [0.05, 0.1) is 39.0 Å². The standard InChI is InChI=1S/C32H58N2O8S/c1-20(7-10-29(39)33-13-6-14-34(4,5)18-23(36)19-43(40,41)42)24-8-9-25-30-26(17-28(38)32(24,25)3)31(2)12-11-22(35)15-21(31)16-27(30)37/h20-28,30,35-38H,6-19H2,1-5H3,(H-,33,39,40,41,42)/p+1/t20-,21+,22-,23+,24-,25-,26+,27-,28+,30-,31+,32-/m1/s1. The average Bonchev–Trinajstić information content (AvgIpc) is 3.24. The van der Waals surface area contributed by atoms with Crippen LogP contribution >= 0.6 is 0 Å². The van der Waals surface area contributed by atoms with Gasteiger partial charge in [0.1, 0.15) is 18.4 Å². The summed E-state index contributed by atoms with van der Waals surface area (Å²) in [6, 6.07) is 0. The van der Waals surface area contributed by atoms with Crippen LogP contribution in [0.2, 0.25) is 0 Å². The number of rotatable bonds is 12. The highest BCUT2D eigenvalue weighted by Crippen LogP contribution is 2.68. The molecule has 0 aromatic rings. The van der Waals surface area contributed by atoms with E-state index < -0.39 is 28.1 Å². The lowest BCUT2D eigenvalue weighted by molar-refractivity contribution is -0.893. The van der Waals surface area contributed by atoms with Gasteiger partial charge in [0.15, 0.2) is 0 Å². The number of likely N-dealkylation sites (N-methyl/N-ethyl adjacent to an activating group) is 1. The normalized spacial score (nSPS) is 41.1. The van der Waals surface area contributed by atoms with Crippen LogP contribution in [0.3, 0.4) is 0 Å². The van der Waals surface area contributed by atoms with Gasteiger partial charge in [-0.15, -0.1) is 0 Å². The second kappa shape index (κ2) is 13.1. The Labute approximate surface area is 259 Å². The molecule has 10 nitrogen and oxygen atoms in total. The molecule has 250 valence electrons. The van der Waals surface area contributed by atoms with Crippen LogP contribution in [0.15, 0.2) is 0 Å². The van der Waals surface area contributed by atoms with Gasteiger partial charge >= 0.3 is 0 Å². The number of hydrogen-bond donors (Lipinski definition) is 6. The summed E-state index contributed by atoms with van der Waals surface area (Å²) in [7, 11) is -0.484. The Morgan fingerprint density at radius 1 is 1.05 bits per heavy atom. The summed E-state index contributed by atoms with van der Waals surface area (Å²) in [5.41, 5.74) is -0.222. The smallest absolute Gasteiger partial charge is 0.267 e. The number of quaternary nitrogens is 1. The highest BCUT2D eigenvalue weighted by Gasteiger charge is 2.65. The number of fused-ring (bicyclic) bond motifs is 5. The van der Waals surface area contributed by atoms with Gasteiger partial charge in [0.25, 0.3) is 10.1 Å². The van der Waals surface area contributed by atoms with Gasteiger partial charge in [-0.25, -0.2) is 0 Å². The lowest BCUT2D eigenvalue weighted by atomic mass is 9.43. The van der Waals surface area contributed by atoms with E-state index in [1.165, 1.54) is 0 Å². The van der Waals surface area contributed by atoms with E-state index in [9.17, 15) is 33.6 Å². The van der Waals surface area contributed by atoms with Crippen molar-refractivity contribution in [3.05, 3.63) is 0 Å². The molecule has 4 aliphatic rings. The van der Waals surface area contributed by atoms with E-state index in [1.54, 1.807) is 0 Å². The van der Waals surface area contributed by atoms with E-state index >= 15 is 0 Å². The summed E-state index contributed by atoms with van der Waals surface area (Å²) >= 11 is 0. The Morgan fingerprint density at radius 3 is 2.42 bits per heavy atom. The molecule has 6 N–H and O–H groups in total. The van der Waals surface area contributed by atoms with Crippen molar-refractivity contribution in [2.24, 2.45) is 46.3 Å². The first-order valence-electron chi connectivity index (χ1n) is 16.6. The summed E-state index contributed by atoms with van der Waals surface area (Å²) in [5.74, 6) is 0.890. The molecular formula is C32H59N2O8S+. The molecule has 1 amide bonds. The van der Waals surface area contributed by atoms with Gasteiger partial charge < -0.3 is 30.2 Å². The van der Waals surface area contributed by atoms with E-state index in [-0.39, 0.29) is 59.2 Å². The van der Waals surface area contributed by atoms with Gasteiger partial charge in [-0.05, 0) is 97.7 Å². The maximum absolute atomic E-state index is 12.7. The van der Waals surface area contributed by atoms with Crippen molar-refractivity contribution >= 4 is 16.0 Å². The monoisotopic (exact) mass is 631 g/mol. The fraction of sp³-hybridized carbons (Fsp3) is 0.969. The quantitative estimate of drug-likeness (QED) is 0.108. The highest BCUT2D eigenvalue weighted by molar-refractivity contribution is 7.85. The van der Waals surface area contributed by atoms with E-state index in [0.717, 1.165) is 44.9 Å². The summed E-state index contributed by atoms with van der Waals surface area (Å²) in [6.07, 6.45) is 5.56. The summed E-state index contributed by atoms with van der Waals surface area (Å²) in [4.78, 5) is 12.7. The van der Waals surface area contributed by atoms with Crippen LogP contribution in [-0.2, 0) is 14.9 Å². The van der Waals surface area contributed by atoms with Crippen molar-refractivity contribution in [3.8, 4) is 0 Å². The van der Waals surface area contributed by atoms with Gasteiger partial charge in [-0.1, -0.05) is 20.8 Å². The van der Waals surface area contributed by atoms with Crippen LogP contribution in [-0.4, -0.2) is 108 Å². The molecule has 12 atom stereocenters. The van der Waals surface area contributed by atoms with Gasteiger partial charge in [0.2, 0.25) is 5.91 Å². The van der Waals surface area contributed by atoms with Crippen LogP contribution in [0.5, 0.6) is 0 Å². The zero-order valence-electron chi connectivity index (χ0n) is 27.0. The molecule has 0 spiro atoms. The summed E-state index contributed by atoms with van der Waals surface area (Å²) in [5, 5.41) is 46.5. The lowest BCUT2D eigenvalue weighted by Crippen LogP contribution is -2.62. The number of carbonyl (C=O) groups excluding carboxylic acids is 1. The molecule has 0 radical (unpaired) electrons. The zero-order valence-corrected chi connectivity index (χ0v) is 27.8. The molecule has 0 heterocycles. The van der Waals surface area contributed by atoms with Crippen molar-refractivity contribution in [2.75, 3.05) is 39.5 Å². The van der Waals surface area contributed by atoms with Crippen LogP contribution in [0.4, 0.5) is 0 Å². The molecule has 0 bridgehead atoms. The third-order valence-electron chi connectivity index (χ3n) is 12.7. The number of carbonyl (C=O) groups is 1. The minimum atomic E-state index is -4.23. The fourth-order valence-electron chi connectivity index (χ4n) is 10.5. The molecule has 4 saturated carbocycles. The molecule has 43 heavy (non-hydrogen) atoms. The number of aliphatic hydroxyl groups is 4. The molecule has 0 aromatic heterocycles. The highest BCUT2D eigenvalue weighted by atomic mass is 32.2. The molecule has 4 fully saturated rings. The van der Waals surface area contributed by atoms with Crippen molar-refractivity contribution in [1.82, 2.24) is 5.32 Å². The van der Waals surface area contributed by atoms with E-state index in [1.807, 2.05) is 14.1 Å². The minimum absolute atomic E-state index is 0.00585. The van der Waals surface area contributed by atoms with Crippen molar-refractivity contribution in [3.63, 3.8) is 0 Å². The molecular weight excluding hydrogens is 572 g/mol. The lowest BCUT2D eigenvalue weighted by Gasteiger charge is -2.63. The first-order chi connectivity index (χ1) is 19.9. The Bertz CT molecular complexity index is 1090. The van der Waals surface area contributed by atoms with Crippen molar-refractivity contribution in [1.29, 1.82) is 0 Å². The van der Waals surface area contributed by atoms with E-state index in [4.69, 9.17) is 4.55 Å². The first-order valence-corrected chi connectivity index (χ1v) is 18.2. The van der Waals surface area contributed by atoms with Gasteiger partial charge in [-0.2, -0.15) is 8.42 Å². The van der Waals surface area contributed by atoms with Crippen LogP contribution < -0.4 is 5.32 Å². The number of nitrogens with zero attached hydrogens (tertiary/aromatic N) is 1. The predicted molar refractivity (Wildman–Crippen MR) is 164 cm³/mol. The maximum Gasteiger partial charge on any atom is 0.267 e. The van der Waals surface area contributed by atoms with Gasteiger partial charge in [-0.3, -0.25) is 9.35 Å². The number of amides is 1. The molecule has 11 heteroatoms. The van der Waals surface area contributed by atoms with E-state index in [2.05, 4.69) is 26.1 Å². The molecule has 4 aliphatic carbocycles. The fourth-order valence-corrected chi connectivity index (χ4v) is 11.1. The SMILES string of the molecule is C[C@H](CCC(=O)NCCC[N+](C)(C)C[C@H](O)CS(=O)(=O)O)[C@H]1CC[C@@H]2[C@H]3[C@H](O)C[C@@H]4C[C@H](O)CC[C@]4(C)[C@H]3C[C@H](O)[C@@]21C. The Hall–Kier alpha value is -0.820. The van der Waals surface area contributed by atoms with E-state index in [0.29, 0.717) is 48.7 Å². The second-order valence-electron chi connectivity index (χ2n) is 16.0. The molecule has 4 rings (SSSR count). The third kappa shape index (κ3) is 7.60. The predicted octanol–water partition coefficient (Wildman–Crippen LogP) is 2.20. The zero-order chi connectivity index (χ0) is 32.0. The van der Waals surface area contributed by atoms with Crippen LogP contribution in [0.1, 0.15) is 85.0 Å². The Kier molecular flexibility index (Phi) is 10.7. The van der Waals surface area contributed by atoms with Crippen LogP contribution in [0.25, 0.3) is 0 Å². The summed E-state index contributed by atoms with van der Waals surface area (Å²) < 4.78 is 31.3. The third-order valence-corrected chi connectivity index (χ3v) is 13.5. The van der Waals surface area contributed by atoms with Crippen LogP contribution in [0, 0.1) is 46.3 Å². The Balaban J connectivity index is 1.27. The number of hydrogen-bond acceptors (Lipinski definition) is 7. The molecule has 0 aromatic carbocycles. The second-order valence-corrected chi connectivity index (χ2v) is 17.5. The first kappa shape index (κ1) is 35.0. The minimum Gasteiger partial charge on any atom is -0.393 e. The molecule has 0 unspecified atom stereocenters. The average molecular weight is 632 g/mol.